The fourth-order valence-electron chi connectivity index (χ4n) is 3.85. The minimum atomic E-state index is 0.325. The average molecular weight is 471 g/mol. The number of nitrogens with one attached hydrogen (secondary N) is 1. The summed E-state index contributed by atoms with van der Waals surface area (Å²) in [7, 11) is 0. The number of aryl methyl sites for hydroxylation is 1. The van der Waals surface area contributed by atoms with Crippen molar-refractivity contribution in [3.8, 4) is 17.1 Å². The number of nitrogens with zero attached hydrogens (tertiary/aromatic N) is 5. The van der Waals surface area contributed by atoms with Gasteiger partial charge < -0.3 is 10.1 Å². The molecule has 4 aromatic rings. The summed E-state index contributed by atoms with van der Waals surface area (Å²) >= 11 is 0. The fourth-order valence-corrected chi connectivity index (χ4v) is 3.85. The summed E-state index contributed by atoms with van der Waals surface area (Å²) in [5, 5.41) is 16.6. The highest BCUT2D eigenvalue weighted by Crippen LogP contribution is 2.32. The Bertz CT molecular complexity index is 1220. The minimum Gasteiger partial charge on any atom is -0.487 e. The Morgan fingerprint density at radius 1 is 0.971 bits per heavy atom. The van der Waals surface area contributed by atoms with Gasteiger partial charge in [0, 0.05) is 23.1 Å². The molecular weight excluding hydrogens is 436 g/mol. The van der Waals surface area contributed by atoms with Crippen molar-refractivity contribution in [2.45, 2.75) is 59.6 Å². The molecule has 7 nitrogen and oxygen atoms in total. The second-order valence-corrected chi connectivity index (χ2v) is 9.46. The Morgan fingerprint density at radius 3 is 2.63 bits per heavy atom. The number of tetrazole rings is 1. The van der Waals surface area contributed by atoms with Gasteiger partial charge >= 0.3 is 0 Å². The van der Waals surface area contributed by atoms with Crippen molar-refractivity contribution in [3.63, 3.8) is 0 Å². The number of benzene rings is 2. The van der Waals surface area contributed by atoms with Crippen molar-refractivity contribution in [2.24, 2.45) is 5.92 Å². The van der Waals surface area contributed by atoms with Crippen molar-refractivity contribution in [3.05, 3.63) is 78.1 Å². The zero-order valence-electron chi connectivity index (χ0n) is 21.0. The normalized spacial score (nSPS) is 11.3. The monoisotopic (exact) mass is 470 g/mol. The van der Waals surface area contributed by atoms with Gasteiger partial charge in [-0.25, -0.2) is 0 Å². The van der Waals surface area contributed by atoms with Gasteiger partial charge in [-0.15, -0.1) is 10.2 Å². The third kappa shape index (κ3) is 6.88. The lowest BCUT2D eigenvalue weighted by atomic mass is 10.0. The van der Waals surface area contributed by atoms with E-state index in [1.807, 2.05) is 42.5 Å². The molecular formula is C28H34N6O. The number of anilines is 2. The van der Waals surface area contributed by atoms with Crippen LogP contribution in [-0.4, -0.2) is 25.2 Å². The highest BCUT2D eigenvalue weighted by atomic mass is 16.5. The van der Waals surface area contributed by atoms with E-state index in [4.69, 9.17) is 4.74 Å². The van der Waals surface area contributed by atoms with Crippen molar-refractivity contribution in [2.75, 3.05) is 5.32 Å². The molecule has 7 heteroatoms. The van der Waals surface area contributed by atoms with Crippen molar-refractivity contribution >= 4 is 11.4 Å². The summed E-state index contributed by atoms with van der Waals surface area (Å²) in [4.78, 5) is 6.02. The Kier molecular flexibility index (Phi) is 8.08. The van der Waals surface area contributed by atoms with E-state index in [1.165, 1.54) is 5.56 Å². The number of hydrogen-bond acceptors (Lipinski definition) is 6. The van der Waals surface area contributed by atoms with Crippen LogP contribution in [0.5, 0.6) is 5.75 Å². The molecule has 0 radical (unpaired) electrons. The number of ether oxygens (including phenoxy) is 1. The standard InChI is InChI=1S/C28H34N6O/c1-20(2)9-8-16-34-32-28(31-33-34)22-10-7-12-23(17-22)30-27-14-13-25(18-26(27)21(3)4)35-19-24-11-5-6-15-29-24/h5-7,10-15,17-18,20-21,30H,8-9,16,19H2,1-4H3. The van der Waals surface area contributed by atoms with Gasteiger partial charge in [-0.3, -0.25) is 4.98 Å². The molecule has 4 rings (SSSR count). The molecule has 0 spiro atoms. The highest BCUT2D eigenvalue weighted by molar-refractivity contribution is 5.69. The zero-order chi connectivity index (χ0) is 24.6. The quantitative estimate of drug-likeness (QED) is 0.265. The number of pyridine rings is 1. The first-order valence-electron chi connectivity index (χ1n) is 12.3. The Morgan fingerprint density at radius 2 is 1.86 bits per heavy atom. The molecule has 1 N–H and O–H groups in total. The molecule has 0 saturated heterocycles. The first-order chi connectivity index (χ1) is 17.0. The largest absolute Gasteiger partial charge is 0.487 e. The summed E-state index contributed by atoms with van der Waals surface area (Å²) in [5.41, 5.74) is 5.05. The average Bonchev–Trinajstić information content (AvgIpc) is 3.33. The SMILES string of the molecule is CC(C)CCCn1nnc(-c2cccc(Nc3ccc(OCc4ccccn4)cc3C(C)C)c2)n1. The molecule has 0 bridgehead atoms. The Balaban J connectivity index is 1.46. The molecule has 2 aromatic carbocycles. The van der Waals surface area contributed by atoms with Crippen LogP contribution in [0.3, 0.4) is 0 Å². The third-order valence-corrected chi connectivity index (χ3v) is 5.75. The van der Waals surface area contributed by atoms with Gasteiger partial charge in [0.25, 0.3) is 0 Å². The van der Waals surface area contributed by atoms with E-state index < -0.39 is 0 Å². The second kappa shape index (κ2) is 11.6. The van der Waals surface area contributed by atoms with E-state index in [9.17, 15) is 0 Å². The van der Waals surface area contributed by atoms with Crippen LogP contribution in [0.15, 0.2) is 66.9 Å². The summed E-state index contributed by atoms with van der Waals surface area (Å²) in [6.45, 7) is 10.0. The van der Waals surface area contributed by atoms with Gasteiger partial charge in [-0.1, -0.05) is 45.9 Å². The van der Waals surface area contributed by atoms with E-state index >= 15 is 0 Å². The van der Waals surface area contributed by atoms with Crippen molar-refractivity contribution < 1.29 is 4.74 Å². The van der Waals surface area contributed by atoms with Crippen molar-refractivity contribution in [1.29, 1.82) is 0 Å². The Labute approximate surface area is 207 Å². The molecule has 182 valence electrons. The van der Waals surface area contributed by atoms with Crippen LogP contribution in [0.1, 0.15) is 57.7 Å². The van der Waals surface area contributed by atoms with E-state index in [0.717, 1.165) is 47.8 Å². The lowest BCUT2D eigenvalue weighted by Gasteiger charge is -2.17. The van der Waals surface area contributed by atoms with Gasteiger partial charge in [-0.05, 0) is 77.9 Å². The smallest absolute Gasteiger partial charge is 0.204 e. The Hall–Kier alpha value is -3.74. The molecule has 0 atom stereocenters. The summed E-state index contributed by atoms with van der Waals surface area (Å²) in [5.74, 6) is 2.47. The molecule has 0 aliphatic carbocycles. The van der Waals surface area contributed by atoms with Crippen LogP contribution in [0.2, 0.25) is 0 Å². The van der Waals surface area contributed by atoms with Crippen LogP contribution < -0.4 is 10.1 Å². The molecule has 2 aromatic heterocycles. The zero-order valence-corrected chi connectivity index (χ0v) is 21.0. The summed E-state index contributed by atoms with van der Waals surface area (Å²) < 4.78 is 5.99. The second-order valence-electron chi connectivity index (χ2n) is 9.46. The molecule has 0 amide bonds. The van der Waals surface area contributed by atoms with Gasteiger partial charge in [-0.2, -0.15) is 4.80 Å². The van der Waals surface area contributed by atoms with E-state index in [-0.39, 0.29) is 0 Å². The summed E-state index contributed by atoms with van der Waals surface area (Å²) in [6.07, 6.45) is 3.98. The van der Waals surface area contributed by atoms with E-state index in [0.29, 0.717) is 24.3 Å². The molecule has 0 fully saturated rings. The lowest BCUT2D eigenvalue weighted by molar-refractivity contribution is 0.301. The van der Waals surface area contributed by atoms with Crippen LogP contribution in [0.4, 0.5) is 11.4 Å². The maximum atomic E-state index is 5.99. The number of hydrogen-bond donors (Lipinski definition) is 1. The summed E-state index contributed by atoms with van der Waals surface area (Å²) in [6, 6.07) is 20.1. The van der Waals surface area contributed by atoms with E-state index in [1.54, 1.807) is 11.0 Å². The lowest BCUT2D eigenvalue weighted by Crippen LogP contribution is -2.04. The first kappa shape index (κ1) is 24.4. The molecule has 0 unspecified atom stereocenters. The first-order valence-corrected chi connectivity index (χ1v) is 12.3. The molecule has 0 aliphatic heterocycles. The fraction of sp³-hybridized carbons (Fsp3) is 0.357. The van der Waals surface area contributed by atoms with Gasteiger partial charge in [0.05, 0.1) is 12.2 Å². The minimum absolute atomic E-state index is 0.325. The maximum Gasteiger partial charge on any atom is 0.204 e. The van der Waals surface area contributed by atoms with Crippen LogP contribution in [-0.2, 0) is 13.2 Å². The number of rotatable bonds is 11. The maximum absolute atomic E-state index is 5.99. The van der Waals surface area contributed by atoms with Crippen LogP contribution >= 0.6 is 0 Å². The van der Waals surface area contributed by atoms with Crippen LogP contribution in [0.25, 0.3) is 11.4 Å². The molecule has 0 aliphatic rings. The van der Waals surface area contributed by atoms with Gasteiger partial charge in [0.15, 0.2) is 0 Å². The van der Waals surface area contributed by atoms with Gasteiger partial charge in [0.2, 0.25) is 5.82 Å². The van der Waals surface area contributed by atoms with Crippen LogP contribution in [0, 0.1) is 5.92 Å². The molecule has 35 heavy (non-hydrogen) atoms. The topological polar surface area (TPSA) is 77.8 Å². The number of aromatic nitrogens is 5. The predicted octanol–water partition coefficient (Wildman–Crippen LogP) is 6.62. The predicted molar refractivity (Wildman–Crippen MR) is 140 cm³/mol. The molecule has 0 saturated carbocycles. The van der Waals surface area contributed by atoms with Gasteiger partial charge in [0.1, 0.15) is 12.4 Å². The third-order valence-electron chi connectivity index (χ3n) is 5.75. The highest BCUT2D eigenvalue weighted by Gasteiger charge is 2.11. The molecule has 2 heterocycles. The van der Waals surface area contributed by atoms with E-state index in [2.05, 4.69) is 71.6 Å². The van der Waals surface area contributed by atoms with Crippen molar-refractivity contribution in [1.82, 2.24) is 25.2 Å².